The molecule has 0 saturated carbocycles. The zero-order chi connectivity index (χ0) is 17.3. The molecule has 1 aromatic heterocycles. The van der Waals surface area contributed by atoms with Crippen LogP contribution in [0, 0.1) is 0 Å². The Bertz CT molecular complexity index is 376. The summed E-state index contributed by atoms with van der Waals surface area (Å²) in [6.07, 6.45) is 27.3. The Morgan fingerprint density at radius 1 is 0.640 bits per heavy atom. The Kier molecular flexibility index (Phi) is 18.7. The first-order valence-corrected chi connectivity index (χ1v) is 10.9. The third-order valence-corrected chi connectivity index (χ3v) is 5.21. The van der Waals surface area contributed by atoms with Gasteiger partial charge < -0.3 is 24.0 Å². The minimum absolute atomic E-state index is 0. The summed E-state index contributed by atoms with van der Waals surface area (Å²) in [6.45, 7) is 3.46. The van der Waals surface area contributed by atoms with Crippen LogP contribution < -0.4 is 28.7 Å². The number of hydrogen-bond donors (Lipinski definition) is 0. The highest BCUT2D eigenvalue weighted by Gasteiger charge is 2.00. The minimum Gasteiger partial charge on any atom is -1.00 e. The number of hydrogen-bond acceptors (Lipinski definition) is 0. The van der Waals surface area contributed by atoms with Gasteiger partial charge in [0.1, 0.15) is 0 Å². The molecule has 0 amide bonds. The molecule has 0 aliphatic heterocycles. The monoisotopic (exact) mass is 462 g/mol. The number of aromatic nitrogens is 2. The molecule has 148 valence electrons. The summed E-state index contributed by atoms with van der Waals surface area (Å²) in [6, 6.07) is 2.12. The SMILES string of the molecule is CCCCCCCCCCCCCCCCCCn1ccc[n+]1C.[I-]. The van der Waals surface area contributed by atoms with Crippen LogP contribution >= 0.6 is 0 Å². The summed E-state index contributed by atoms with van der Waals surface area (Å²) in [5.74, 6) is 0. The molecule has 0 saturated heterocycles. The third kappa shape index (κ3) is 14.8. The molecular weight excluding hydrogens is 419 g/mol. The predicted molar refractivity (Wildman–Crippen MR) is 105 cm³/mol. The van der Waals surface area contributed by atoms with Gasteiger partial charge in [0.25, 0.3) is 0 Å². The van der Waals surface area contributed by atoms with Crippen LogP contribution in [0.15, 0.2) is 18.5 Å². The molecule has 0 N–H and O–H groups in total. The molecular formula is C22H43IN2. The number of unbranched alkanes of at least 4 members (excludes halogenated alkanes) is 15. The maximum atomic E-state index is 2.30. The van der Waals surface area contributed by atoms with Gasteiger partial charge in [0.05, 0.1) is 12.7 Å². The largest absolute Gasteiger partial charge is 1.00 e. The first-order valence-electron chi connectivity index (χ1n) is 10.9. The summed E-state index contributed by atoms with van der Waals surface area (Å²) in [4.78, 5) is 0. The molecule has 0 atom stereocenters. The fraction of sp³-hybridized carbons (Fsp3) is 0.864. The van der Waals surface area contributed by atoms with E-state index in [2.05, 4.69) is 41.8 Å². The zero-order valence-electron chi connectivity index (χ0n) is 17.0. The molecule has 0 radical (unpaired) electrons. The molecule has 3 heteroatoms. The van der Waals surface area contributed by atoms with Crippen LogP contribution in [-0.4, -0.2) is 4.68 Å². The molecule has 1 aromatic rings. The number of nitrogens with zero attached hydrogens (tertiary/aromatic N) is 2. The fourth-order valence-electron chi connectivity index (χ4n) is 3.51. The highest BCUT2D eigenvalue weighted by molar-refractivity contribution is 4.71. The van der Waals surface area contributed by atoms with Crippen molar-refractivity contribution in [2.24, 2.45) is 7.05 Å². The second kappa shape index (κ2) is 18.7. The third-order valence-electron chi connectivity index (χ3n) is 5.21. The van der Waals surface area contributed by atoms with Crippen LogP contribution in [0.1, 0.15) is 110 Å². The Hall–Kier alpha value is -0.0600. The van der Waals surface area contributed by atoms with E-state index in [1.807, 2.05) is 0 Å². The van der Waals surface area contributed by atoms with Gasteiger partial charge in [-0.15, -0.1) is 4.68 Å². The standard InChI is InChI=1S/C22H43N2.HI/c1-3-4-5-6-7-8-9-10-11-12-13-14-15-16-17-18-21-24-22-19-20-23(24)2;/h19-20,22H,3-18,21H2,1-2H3;1H/q+1;/p-1. The molecule has 0 aromatic carbocycles. The molecule has 0 bridgehead atoms. The average Bonchev–Trinajstić information content (AvgIpc) is 2.99. The molecule has 0 spiro atoms. The van der Waals surface area contributed by atoms with Crippen LogP contribution in [0.25, 0.3) is 0 Å². The van der Waals surface area contributed by atoms with Crippen molar-refractivity contribution in [3.63, 3.8) is 0 Å². The maximum absolute atomic E-state index is 2.30. The fourth-order valence-corrected chi connectivity index (χ4v) is 3.51. The second-order valence-corrected chi connectivity index (χ2v) is 7.53. The molecule has 2 nitrogen and oxygen atoms in total. The molecule has 25 heavy (non-hydrogen) atoms. The van der Waals surface area contributed by atoms with Gasteiger partial charge in [-0.2, -0.15) is 4.68 Å². The van der Waals surface area contributed by atoms with Crippen LogP contribution in [0.5, 0.6) is 0 Å². The molecule has 1 heterocycles. The molecule has 0 aliphatic carbocycles. The lowest BCUT2D eigenvalue weighted by Gasteiger charge is -2.04. The van der Waals surface area contributed by atoms with Crippen LogP contribution in [-0.2, 0) is 13.6 Å². The van der Waals surface area contributed by atoms with Crippen molar-refractivity contribution in [3.8, 4) is 0 Å². The molecule has 0 fully saturated rings. The van der Waals surface area contributed by atoms with Crippen molar-refractivity contribution in [2.75, 3.05) is 0 Å². The van der Waals surface area contributed by atoms with Gasteiger partial charge in [0.15, 0.2) is 13.2 Å². The Morgan fingerprint density at radius 3 is 1.40 bits per heavy atom. The first-order chi connectivity index (χ1) is 11.8. The van der Waals surface area contributed by atoms with E-state index in [9.17, 15) is 0 Å². The lowest BCUT2D eigenvalue weighted by molar-refractivity contribution is -0.753. The van der Waals surface area contributed by atoms with Gasteiger partial charge in [-0.3, -0.25) is 0 Å². The lowest BCUT2D eigenvalue weighted by atomic mass is 10.0. The molecule has 1 rings (SSSR count). The Balaban J connectivity index is 0.00000576. The summed E-state index contributed by atoms with van der Waals surface area (Å²) < 4.78 is 4.47. The number of aryl methyl sites for hydroxylation is 2. The lowest BCUT2D eigenvalue weighted by Crippen LogP contribution is -3.00. The average molecular weight is 463 g/mol. The smallest absolute Gasteiger partial charge is 0.195 e. The highest BCUT2D eigenvalue weighted by Crippen LogP contribution is 2.13. The maximum Gasteiger partial charge on any atom is 0.195 e. The van der Waals surface area contributed by atoms with E-state index in [0.29, 0.717) is 0 Å². The minimum atomic E-state index is 0. The zero-order valence-corrected chi connectivity index (χ0v) is 19.2. The van der Waals surface area contributed by atoms with Crippen LogP contribution in [0.2, 0.25) is 0 Å². The van der Waals surface area contributed by atoms with Gasteiger partial charge >= 0.3 is 0 Å². The van der Waals surface area contributed by atoms with Gasteiger partial charge in [-0.05, 0) is 6.42 Å². The van der Waals surface area contributed by atoms with Gasteiger partial charge in [-0.1, -0.05) is 103 Å². The van der Waals surface area contributed by atoms with Crippen molar-refractivity contribution in [1.82, 2.24) is 4.68 Å². The summed E-state index contributed by atoms with van der Waals surface area (Å²) in [7, 11) is 2.12. The quantitative estimate of drug-likeness (QED) is 0.190. The molecule has 0 aliphatic rings. The molecule has 0 unspecified atom stereocenters. The van der Waals surface area contributed by atoms with E-state index in [0.717, 1.165) is 0 Å². The van der Waals surface area contributed by atoms with E-state index in [1.54, 1.807) is 0 Å². The summed E-state index contributed by atoms with van der Waals surface area (Å²) >= 11 is 0. The second-order valence-electron chi connectivity index (χ2n) is 7.53. The highest BCUT2D eigenvalue weighted by atomic mass is 127. The van der Waals surface area contributed by atoms with Crippen molar-refractivity contribution >= 4 is 0 Å². The Morgan fingerprint density at radius 2 is 1.04 bits per heavy atom. The summed E-state index contributed by atoms with van der Waals surface area (Å²) in [5.41, 5.74) is 0. The van der Waals surface area contributed by atoms with E-state index < -0.39 is 0 Å². The summed E-state index contributed by atoms with van der Waals surface area (Å²) in [5, 5.41) is 0. The topological polar surface area (TPSA) is 8.81 Å². The normalized spacial score (nSPS) is 10.8. The first kappa shape index (κ1) is 24.9. The van der Waals surface area contributed by atoms with Crippen molar-refractivity contribution in [1.29, 1.82) is 0 Å². The van der Waals surface area contributed by atoms with E-state index in [4.69, 9.17) is 0 Å². The number of rotatable bonds is 17. The van der Waals surface area contributed by atoms with Gasteiger partial charge in [0, 0.05) is 6.07 Å². The van der Waals surface area contributed by atoms with E-state index >= 15 is 0 Å². The van der Waals surface area contributed by atoms with Crippen molar-refractivity contribution in [2.45, 2.75) is 116 Å². The van der Waals surface area contributed by atoms with E-state index in [1.165, 1.54) is 109 Å². The number of halogens is 1. The predicted octanol–water partition coefficient (Wildman–Crippen LogP) is 3.58. The van der Waals surface area contributed by atoms with Crippen LogP contribution in [0.3, 0.4) is 0 Å². The van der Waals surface area contributed by atoms with Gasteiger partial charge in [-0.25, -0.2) is 0 Å². The van der Waals surface area contributed by atoms with E-state index in [-0.39, 0.29) is 24.0 Å². The van der Waals surface area contributed by atoms with Crippen molar-refractivity contribution < 1.29 is 28.7 Å². The Labute approximate surface area is 174 Å². The van der Waals surface area contributed by atoms with Gasteiger partial charge in [0.2, 0.25) is 0 Å². The van der Waals surface area contributed by atoms with Crippen molar-refractivity contribution in [3.05, 3.63) is 18.5 Å². The van der Waals surface area contributed by atoms with Crippen LogP contribution in [0.4, 0.5) is 0 Å².